The van der Waals surface area contributed by atoms with E-state index in [1.54, 1.807) is 6.07 Å². The molecule has 0 fully saturated rings. The summed E-state index contributed by atoms with van der Waals surface area (Å²) >= 11 is 0. The van der Waals surface area contributed by atoms with E-state index in [9.17, 15) is 9.90 Å². The van der Waals surface area contributed by atoms with E-state index in [1.807, 2.05) is 0 Å². The summed E-state index contributed by atoms with van der Waals surface area (Å²) in [5, 5.41) is 26.6. The summed E-state index contributed by atoms with van der Waals surface area (Å²) in [7, 11) is 0. The second-order valence-corrected chi connectivity index (χ2v) is 2.51. The number of hydrogen-bond acceptors (Lipinski definition) is 4. The zero-order chi connectivity index (χ0) is 9.84. The van der Waals surface area contributed by atoms with E-state index < -0.39 is 18.2 Å². The number of aromatic nitrogens is 1. The van der Waals surface area contributed by atoms with Crippen molar-refractivity contribution in [2.45, 2.75) is 12.2 Å². The average Bonchev–Trinajstić information content (AvgIpc) is 2.17. The lowest BCUT2D eigenvalue weighted by atomic mass is 10.1. The molecular weight excluding hydrogens is 174 g/mol. The van der Waals surface area contributed by atoms with Crippen LogP contribution in [0.25, 0.3) is 0 Å². The van der Waals surface area contributed by atoms with Gasteiger partial charge in [0.1, 0.15) is 6.10 Å². The molecular formula is C8H9NO4. The van der Waals surface area contributed by atoms with E-state index in [0.29, 0.717) is 0 Å². The lowest BCUT2D eigenvalue weighted by Gasteiger charge is -2.13. The van der Waals surface area contributed by atoms with Gasteiger partial charge >= 0.3 is 5.97 Å². The van der Waals surface area contributed by atoms with Crippen molar-refractivity contribution in [3.63, 3.8) is 0 Å². The van der Waals surface area contributed by atoms with Crippen molar-refractivity contribution in [2.75, 3.05) is 0 Å². The molecule has 0 saturated heterocycles. The molecule has 0 aliphatic heterocycles. The number of carbonyl (C=O) groups is 1. The number of hydrogen-bond donors (Lipinski definition) is 3. The number of carboxylic acid groups (broad SMARTS) is 1. The Bertz CT molecular complexity index is 287. The van der Waals surface area contributed by atoms with Crippen molar-refractivity contribution in [3.05, 3.63) is 30.1 Å². The molecule has 0 aromatic carbocycles. The first kappa shape index (κ1) is 9.63. The predicted octanol–water partition coefficient (Wildman–Crippen LogP) is -0.440. The summed E-state index contributed by atoms with van der Waals surface area (Å²) in [6.45, 7) is 0. The lowest BCUT2D eigenvalue weighted by molar-refractivity contribution is -0.153. The highest BCUT2D eigenvalue weighted by Crippen LogP contribution is 2.15. The maximum atomic E-state index is 10.3. The fraction of sp³-hybridized carbons (Fsp3) is 0.250. The third-order valence-electron chi connectivity index (χ3n) is 1.58. The molecule has 1 heterocycles. The van der Waals surface area contributed by atoms with Gasteiger partial charge in [0.05, 0.1) is 0 Å². The van der Waals surface area contributed by atoms with Crippen molar-refractivity contribution in [2.24, 2.45) is 0 Å². The molecule has 13 heavy (non-hydrogen) atoms. The minimum absolute atomic E-state index is 0.275. The maximum Gasteiger partial charge on any atom is 0.335 e. The molecule has 5 heteroatoms. The van der Waals surface area contributed by atoms with Crippen molar-refractivity contribution < 1.29 is 20.1 Å². The highest BCUT2D eigenvalue weighted by atomic mass is 16.4. The second-order valence-electron chi connectivity index (χ2n) is 2.51. The normalized spacial score (nSPS) is 14.9. The van der Waals surface area contributed by atoms with Crippen LogP contribution in [0.5, 0.6) is 0 Å². The standard InChI is InChI=1S/C8H9NO4/c10-6(7(11)8(12)13)5-2-1-3-9-4-5/h1-4,6-7,10-11H,(H,12,13). The van der Waals surface area contributed by atoms with Crippen LogP contribution >= 0.6 is 0 Å². The predicted molar refractivity (Wildman–Crippen MR) is 42.8 cm³/mol. The largest absolute Gasteiger partial charge is 0.479 e. The number of aliphatic hydroxyl groups excluding tert-OH is 2. The van der Waals surface area contributed by atoms with Crippen molar-refractivity contribution >= 4 is 5.97 Å². The number of aliphatic carboxylic acids is 1. The number of pyridine rings is 1. The third kappa shape index (κ3) is 2.24. The fourth-order valence-electron chi connectivity index (χ4n) is 0.868. The maximum absolute atomic E-state index is 10.3. The van der Waals surface area contributed by atoms with Crippen molar-refractivity contribution in [1.82, 2.24) is 4.98 Å². The van der Waals surface area contributed by atoms with E-state index in [2.05, 4.69) is 4.98 Å². The fourth-order valence-corrected chi connectivity index (χ4v) is 0.868. The molecule has 0 radical (unpaired) electrons. The molecule has 0 saturated carbocycles. The minimum atomic E-state index is -1.82. The van der Waals surface area contributed by atoms with Gasteiger partial charge in [0.2, 0.25) is 0 Å². The number of rotatable bonds is 3. The first-order valence-corrected chi connectivity index (χ1v) is 3.62. The minimum Gasteiger partial charge on any atom is -0.479 e. The quantitative estimate of drug-likeness (QED) is 0.591. The van der Waals surface area contributed by atoms with Gasteiger partial charge in [-0.15, -0.1) is 0 Å². The third-order valence-corrected chi connectivity index (χ3v) is 1.58. The topological polar surface area (TPSA) is 90.7 Å². The van der Waals surface area contributed by atoms with E-state index >= 15 is 0 Å². The Kier molecular flexibility index (Phi) is 2.94. The molecule has 1 aromatic heterocycles. The Hall–Kier alpha value is -1.46. The Balaban J connectivity index is 2.79. The monoisotopic (exact) mass is 183 g/mol. The van der Waals surface area contributed by atoms with Crippen LogP contribution in [0, 0.1) is 0 Å². The smallest absolute Gasteiger partial charge is 0.335 e. The van der Waals surface area contributed by atoms with Gasteiger partial charge in [0.25, 0.3) is 0 Å². The van der Waals surface area contributed by atoms with Gasteiger partial charge in [0, 0.05) is 18.0 Å². The van der Waals surface area contributed by atoms with Gasteiger partial charge in [0.15, 0.2) is 6.10 Å². The molecule has 0 spiro atoms. The molecule has 2 atom stereocenters. The van der Waals surface area contributed by atoms with Crippen LogP contribution in [-0.4, -0.2) is 32.4 Å². The summed E-state index contributed by atoms with van der Waals surface area (Å²) in [6.07, 6.45) is -0.462. The summed E-state index contributed by atoms with van der Waals surface area (Å²) in [5.41, 5.74) is 0.275. The van der Waals surface area contributed by atoms with Crippen LogP contribution in [0.2, 0.25) is 0 Å². The van der Waals surface area contributed by atoms with E-state index in [-0.39, 0.29) is 5.56 Å². The molecule has 1 aromatic rings. The van der Waals surface area contributed by atoms with Gasteiger partial charge in [-0.25, -0.2) is 4.79 Å². The second kappa shape index (κ2) is 3.97. The van der Waals surface area contributed by atoms with Crippen LogP contribution in [0.15, 0.2) is 24.5 Å². The Morgan fingerprint density at radius 3 is 2.62 bits per heavy atom. The van der Waals surface area contributed by atoms with Crippen LogP contribution in [0.3, 0.4) is 0 Å². The highest BCUT2D eigenvalue weighted by molar-refractivity contribution is 5.73. The van der Waals surface area contributed by atoms with Crippen LogP contribution in [0.1, 0.15) is 11.7 Å². The van der Waals surface area contributed by atoms with Gasteiger partial charge in [-0.2, -0.15) is 0 Å². The van der Waals surface area contributed by atoms with Gasteiger partial charge < -0.3 is 15.3 Å². The van der Waals surface area contributed by atoms with Gasteiger partial charge in [-0.1, -0.05) is 6.07 Å². The van der Waals surface area contributed by atoms with Crippen LogP contribution in [-0.2, 0) is 4.79 Å². The Morgan fingerprint density at radius 2 is 2.15 bits per heavy atom. The Morgan fingerprint density at radius 1 is 1.46 bits per heavy atom. The summed E-state index contributed by atoms with van der Waals surface area (Å²) < 4.78 is 0. The van der Waals surface area contributed by atoms with Crippen molar-refractivity contribution in [3.8, 4) is 0 Å². The summed E-state index contributed by atoms with van der Waals surface area (Å²) in [5.74, 6) is -1.46. The average molecular weight is 183 g/mol. The first-order valence-electron chi connectivity index (χ1n) is 3.62. The zero-order valence-corrected chi connectivity index (χ0v) is 6.66. The molecule has 0 aliphatic rings. The first-order chi connectivity index (χ1) is 6.13. The van der Waals surface area contributed by atoms with Crippen LogP contribution in [0.4, 0.5) is 0 Å². The van der Waals surface area contributed by atoms with Gasteiger partial charge in [-0.05, 0) is 6.07 Å². The number of aliphatic hydroxyl groups is 2. The molecule has 5 nitrogen and oxygen atoms in total. The van der Waals surface area contributed by atoms with Gasteiger partial charge in [-0.3, -0.25) is 4.98 Å². The van der Waals surface area contributed by atoms with E-state index in [4.69, 9.17) is 10.2 Å². The summed E-state index contributed by atoms with van der Waals surface area (Å²) in [4.78, 5) is 14.0. The molecule has 2 unspecified atom stereocenters. The van der Waals surface area contributed by atoms with E-state index in [1.165, 1.54) is 18.5 Å². The number of carboxylic acids is 1. The van der Waals surface area contributed by atoms with Crippen molar-refractivity contribution in [1.29, 1.82) is 0 Å². The van der Waals surface area contributed by atoms with Crippen LogP contribution < -0.4 is 0 Å². The van der Waals surface area contributed by atoms with E-state index in [0.717, 1.165) is 0 Å². The summed E-state index contributed by atoms with van der Waals surface area (Å²) in [6, 6.07) is 3.04. The molecule has 0 amide bonds. The molecule has 0 aliphatic carbocycles. The molecule has 70 valence electrons. The zero-order valence-electron chi connectivity index (χ0n) is 6.66. The lowest BCUT2D eigenvalue weighted by Crippen LogP contribution is -2.27. The molecule has 1 rings (SSSR count). The molecule has 3 N–H and O–H groups in total. The molecule has 0 bridgehead atoms. The SMILES string of the molecule is O=C(O)C(O)C(O)c1cccnc1. The highest BCUT2D eigenvalue weighted by Gasteiger charge is 2.24. The number of nitrogens with zero attached hydrogens (tertiary/aromatic N) is 1. The Labute approximate surface area is 74.3 Å².